The lowest BCUT2D eigenvalue weighted by atomic mass is 9.99. The predicted molar refractivity (Wildman–Crippen MR) is 114 cm³/mol. The number of amides is 2. The van der Waals surface area contributed by atoms with Gasteiger partial charge in [-0.05, 0) is 61.1 Å². The van der Waals surface area contributed by atoms with Crippen molar-refractivity contribution in [2.24, 2.45) is 11.8 Å². The van der Waals surface area contributed by atoms with E-state index in [1.54, 1.807) is 0 Å². The Kier molecular flexibility index (Phi) is 4.74. The molecule has 1 N–H and O–H groups in total. The van der Waals surface area contributed by atoms with Crippen molar-refractivity contribution in [1.29, 1.82) is 0 Å². The van der Waals surface area contributed by atoms with Gasteiger partial charge in [0.2, 0.25) is 11.8 Å². The monoisotopic (exact) mass is 389 g/mol. The lowest BCUT2D eigenvalue weighted by molar-refractivity contribution is -0.135. The molecule has 0 radical (unpaired) electrons. The minimum atomic E-state index is -0.196. The van der Waals surface area contributed by atoms with E-state index in [0.717, 1.165) is 31.7 Å². The molecule has 2 unspecified atom stereocenters. The van der Waals surface area contributed by atoms with E-state index >= 15 is 0 Å². The van der Waals surface area contributed by atoms with Crippen LogP contribution in [0.25, 0.3) is 0 Å². The summed E-state index contributed by atoms with van der Waals surface area (Å²) in [7, 11) is 0. The van der Waals surface area contributed by atoms with Crippen LogP contribution >= 0.6 is 0 Å². The molecule has 2 aliphatic heterocycles. The van der Waals surface area contributed by atoms with Gasteiger partial charge in [-0.15, -0.1) is 0 Å². The molecular formula is C24H27N3O2. The molecule has 150 valence electrons. The number of nitrogens with one attached hydrogen (secondary N) is 1. The third-order valence-electron chi connectivity index (χ3n) is 6.49. The minimum Gasteiger partial charge on any atom is -0.372 e. The van der Waals surface area contributed by atoms with Gasteiger partial charge in [-0.1, -0.05) is 24.3 Å². The number of benzene rings is 2. The molecule has 0 spiro atoms. The molecule has 2 aromatic carbocycles. The molecule has 1 saturated carbocycles. The van der Waals surface area contributed by atoms with Crippen molar-refractivity contribution in [3.63, 3.8) is 0 Å². The van der Waals surface area contributed by atoms with Crippen LogP contribution in [0.2, 0.25) is 0 Å². The van der Waals surface area contributed by atoms with Gasteiger partial charge in [-0.2, -0.15) is 0 Å². The summed E-state index contributed by atoms with van der Waals surface area (Å²) >= 11 is 0. The number of anilines is 2. The Hall–Kier alpha value is -2.82. The van der Waals surface area contributed by atoms with Crippen molar-refractivity contribution in [3.05, 3.63) is 59.7 Å². The lowest BCUT2D eigenvalue weighted by Crippen LogP contribution is -2.37. The van der Waals surface area contributed by atoms with Crippen LogP contribution < -0.4 is 10.2 Å². The van der Waals surface area contributed by atoms with Crippen LogP contribution in [0.1, 0.15) is 30.4 Å². The van der Waals surface area contributed by atoms with Gasteiger partial charge in [-0.25, -0.2) is 0 Å². The maximum Gasteiger partial charge on any atom is 0.228 e. The molecule has 0 aromatic heterocycles. The second-order valence-corrected chi connectivity index (χ2v) is 8.46. The van der Waals surface area contributed by atoms with Gasteiger partial charge in [0.1, 0.15) is 0 Å². The van der Waals surface area contributed by atoms with Crippen molar-refractivity contribution < 1.29 is 9.59 Å². The van der Waals surface area contributed by atoms with Crippen LogP contribution in [0.5, 0.6) is 0 Å². The second kappa shape index (κ2) is 7.54. The predicted octanol–water partition coefficient (Wildman–Crippen LogP) is 3.45. The summed E-state index contributed by atoms with van der Waals surface area (Å²) in [5.41, 5.74) is 4.58. The zero-order valence-electron chi connectivity index (χ0n) is 16.6. The highest BCUT2D eigenvalue weighted by Crippen LogP contribution is 2.41. The fourth-order valence-corrected chi connectivity index (χ4v) is 4.64. The lowest BCUT2D eigenvalue weighted by Gasteiger charge is -2.29. The van der Waals surface area contributed by atoms with E-state index in [4.69, 9.17) is 0 Å². The zero-order valence-corrected chi connectivity index (χ0v) is 16.6. The first-order valence-corrected chi connectivity index (χ1v) is 10.7. The Balaban J connectivity index is 1.16. The maximum absolute atomic E-state index is 12.9. The van der Waals surface area contributed by atoms with Crippen molar-refractivity contribution in [2.75, 3.05) is 29.9 Å². The third kappa shape index (κ3) is 3.74. The molecule has 2 aromatic rings. The van der Waals surface area contributed by atoms with Gasteiger partial charge < -0.3 is 15.1 Å². The van der Waals surface area contributed by atoms with Gasteiger partial charge in [0, 0.05) is 37.6 Å². The average Bonchev–Trinajstić information content (AvgIpc) is 3.38. The first kappa shape index (κ1) is 18.2. The molecule has 1 aliphatic carbocycles. The number of carbonyl (C=O) groups excluding carboxylic acids is 2. The Labute approximate surface area is 171 Å². The normalized spacial score (nSPS) is 22.9. The van der Waals surface area contributed by atoms with Gasteiger partial charge in [-0.3, -0.25) is 9.59 Å². The molecular weight excluding hydrogens is 362 g/mol. The van der Waals surface area contributed by atoms with Crippen LogP contribution in [-0.4, -0.2) is 36.3 Å². The van der Waals surface area contributed by atoms with Crippen LogP contribution in [0.15, 0.2) is 48.5 Å². The summed E-state index contributed by atoms with van der Waals surface area (Å²) < 4.78 is 0. The summed E-state index contributed by atoms with van der Waals surface area (Å²) in [6, 6.07) is 16.4. The second-order valence-electron chi connectivity index (χ2n) is 8.46. The van der Waals surface area contributed by atoms with E-state index in [9.17, 15) is 9.59 Å². The Morgan fingerprint density at radius 3 is 2.34 bits per heavy atom. The van der Waals surface area contributed by atoms with Crippen LogP contribution in [0.3, 0.4) is 0 Å². The van der Waals surface area contributed by atoms with E-state index < -0.39 is 0 Å². The van der Waals surface area contributed by atoms with Gasteiger partial charge in [0.05, 0.1) is 11.8 Å². The van der Waals surface area contributed by atoms with Crippen LogP contribution in [0.4, 0.5) is 11.4 Å². The zero-order chi connectivity index (χ0) is 19.8. The maximum atomic E-state index is 12.9. The van der Waals surface area contributed by atoms with Crippen LogP contribution in [0, 0.1) is 11.8 Å². The molecule has 2 amide bonds. The fourth-order valence-electron chi connectivity index (χ4n) is 4.64. The van der Waals surface area contributed by atoms with Gasteiger partial charge in [0.15, 0.2) is 0 Å². The van der Waals surface area contributed by atoms with Crippen molar-refractivity contribution in [3.8, 4) is 0 Å². The Morgan fingerprint density at radius 1 is 0.862 bits per heavy atom. The molecule has 0 bridgehead atoms. The van der Waals surface area contributed by atoms with E-state index in [-0.39, 0.29) is 23.7 Å². The third-order valence-corrected chi connectivity index (χ3v) is 6.49. The fraction of sp³-hybridized carbons (Fsp3) is 0.417. The molecule has 2 atom stereocenters. The number of hydrogen-bond donors (Lipinski definition) is 1. The van der Waals surface area contributed by atoms with Gasteiger partial charge >= 0.3 is 0 Å². The summed E-state index contributed by atoms with van der Waals surface area (Å²) in [5, 5.41) is 3.00. The summed E-state index contributed by atoms with van der Waals surface area (Å²) in [6.07, 6.45) is 4.06. The number of carbonyl (C=O) groups is 2. The number of rotatable bonds is 4. The van der Waals surface area contributed by atoms with Crippen molar-refractivity contribution >= 4 is 23.2 Å². The number of fused-ring (bicyclic) bond motifs is 1. The summed E-state index contributed by atoms with van der Waals surface area (Å²) in [5.74, 6) is -0.263. The largest absolute Gasteiger partial charge is 0.372 e. The highest BCUT2D eigenvalue weighted by atomic mass is 16.2. The van der Waals surface area contributed by atoms with Crippen molar-refractivity contribution in [1.82, 2.24) is 4.90 Å². The smallest absolute Gasteiger partial charge is 0.228 e. The Morgan fingerprint density at radius 2 is 1.59 bits per heavy atom. The quantitative estimate of drug-likeness (QED) is 0.871. The topological polar surface area (TPSA) is 52.7 Å². The molecule has 5 nitrogen and oxygen atoms in total. The van der Waals surface area contributed by atoms with Crippen molar-refractivity contribution in [2.45, 2.75) is 32.2 Å². The summed E-state index contributed by atoms with van der Waals surface area (Å²) in [4.78, 5) is 29.8. The average molecular weight is 389 g/mol. The first-order chi connectivity index (χ1) is 14.2. The highest BCUT2D eigenvalue weighted by molar-refractivity contribution is 5.99. The van der Waals surface area contributed by atoms with E-state index in [2.05, 4.69) is 40.5 Å². The molecule has 2 fully saturated rings. The number of hydrogen-bond acceptors (Lipinski definition) is 3. The van der Waals surface area contributed by atoms with Crippen LogP contribution in [-0.2, 0) is 22.6 Å². The molecule has 3 aliphatic rings. The molecule has 5 heteroatoms. The molecule has 1 saturated heterocycles. The first-order valence-electron chi connectivity index (χ1n) is 10.7. The SMILES string of the molecule is O=C(Nc1ccc(N2CCCC2)cc1)C1CC1C(=O)N1CCc2ccccc2C1. The highest BCUT2D eigenvalue weighted by Gasteiger charge is 2.49. The molecule has 5 rings (SSSR count). The summed E-state index contributed by atoms with van der Waals surface area (Å²) in [6.45, 7) is 3.63. The molecule has 29 heavy (non-hydrogen) atoms. The van der Waals surface area contributed by atoms with E-state index in [0.29, 0.717) is 13.0 Å². The molecule has 2 heterocycles. The van der Waals surface area contributed by atoms with E-state index in [1.165, 1.54) is 29.7 Å². The standard InChI is InChI=1S/C24H27N3O2/c28-23(25-19-7-9-20(10-8-19)26-12-3-4-13-26)21-15-22(21)24(29)27-14-11-17-5-1-2-6-18(17)16-27/h1-2,5-10,21-22H,3-4,11-16H2,(H,25,28). The van der Waals surface area contributed by atoms with E-state index in [1.807, 2.05) is 23.1 Å². The number of nitrogens with zero attached hydrogens (tertiary/aromatic N) is 2. The minimum absolute atomic E-state index is 0.0327. The van der Waals surface area contributed by atoms with Gasteiger partial charge in [0.25, 0.3) is 0 Å². The Bertz CT molecular complexity index is 918.